The Kier molecular flexibility index (Phi) is 4.19. The molecule has 3 atom stereocenters. The summed E-state index contributed by atoms with van der Waals surface area (Å²) in [4.78, 5) is 2.58. The largest absolute Gasteiger partial charge is 0.324 e. The molecule has 0 saturated carbocycles. The molecule has 0 amide bonds. The van der Waals surface area contributed by atoms with E-state index in [2.05, 4.69) is 43.0 Å². The molecule has 1 fully saturated rings. The van der Waals surface area contributed by atoms with Gasteiger partial charge in [-0.2, -0.15) is 0 Å². The second-order valence-electron chi connectivity index (χ2n) is 5.49. The van der Waals surface area contributed by atoms with Gasteiger partial charge in [-0.1, -0.05) is 37.3 Å². The highest BCUT2D eigenvalue weighted by Crippen LogP contribution is 2.23. The highest BCUT2D eigenvalue weighted by atomic mass is 15.2. The Morgan fingerprint density at radius 2 is 2.00 bits per heavy atom. The number of rotatable bonds is 4. The monoisotopic (exact) mass is 232 g/mol. The van der Waals surface area contributed by atoms with Gasteiger partial charge in [0.15, 0.2) is 0 Å². The van der Waals surface area contributed by atoms with Crippen molar-refractivity contribution in [1.29, 1.82) is 0 Å². The maximum absolute atomic E-state index is 6.23. The van der Waals surface area contributed by atoms with Crippen LogP contribution in [0.3, 0.4) is 0 Å². The molecule has 1 aliphatic rings. The summed E-state index contributed by atoms with van der Waals surface area (Å²) >= 11 is 0. The average molecular weight is 232 g/mol. The van der Waals surface area contributed by atoms with Crippen LogP contribution in [0.4, 0.5) is 0 Å². The Labute approximate surface area is 105 Å². The second kappa shape index (κ2) is 5.65. The predicted molar refractivity (Wildman–Crippen MR) is 72.8 cm³/mol. The minimum Gasteiger partial charge on any atom is -0.324 e. The van der Waals surface area contributed by atoms with E-state index in [1.807, 2.05) is 6.07 Å². The van der Waals surface area contributed by atoms with Crippen LogP contribution in [0.5, 0.6) is 0 Å². The summed E-state index contributed by atoms with van der Waals surface area (Å²) in [5, 5.41) is 0. The van der Waals surface area contributed by atoms with E-state index in [1.165, 1.54) is 18.5 Å². The summed E-state index contributed by atoms with van der Waals surface area (Å²) in [6, 6.07) is 11.3. The van der Waals surface area contributed by atoms with Crippen LogP contribution < -0.4 is 5.73 Å². The van der Waals surface area contributed by atoms with Gasteiger partial charge in [0, 0.05) is 25.2 Å². The number of hydrogen-bond acceptors (Lipinski definition) is 2. The fourth-order valence-electron chi connectivity index (χ4n) is 2.87. The molecule has 1 aromatic rings. The molecule has 0 spiro atoms. The zero-order chi connectivity index (χ0) is 12.3. The molecule has 1 heterocycles. The molecule has 1 aliphatic heterocycles. The number of nitrogens with two attached hydrogens (primary N) is 1. The molecule has 2 heteroatoms. The topological polar surface area (TPSA) is 29.3 Å². The molecule has 2 N–H and O–H groups in total. The standard InChI is InChI=1S/C15H24N2/c1-12-10-13(2)17(11-12)9-8-15(16)14-6-4-3-5-7-14/h3-7,12-13,15H,8-11,16H2,1-2H3. The Hall–Kier alpha value is -0.860. The summed E-state index contributed by atoms with van der Waals surface area (Å²) < 4.78 is 0. The second-order valence-corrected chi connectivity index (χ2v) is 5.49. The molecule has 1 saturated heterocycles. The highest BCUT2D eigenvalue weighted by Gasteiger charge is 2.25. The van der Waals surface area contributed by atoms with Crippen LogP contribution in [0.25, 0.3) is 0 Å². The maximum Gasteiger partial charge on any atom is 0.0307 e. The normalized spacial score (nSPS) is 27.2. The van der Waals surface area contributed by atoms with Crippen LogP contribution >= 0.6 is 0 Å². The van der Waals surface area contributed by atoms with Gasteiger partial charge >= 0.3 is 0 Å². The molecular weight excluding hydrogens is 208 g/mol. The first-order chi connectivity index (χ1) is 8.16. The highest BCUT2D eigenvalue weighted by molar-refractivity contribution is 5.18. The molecule has 2 nitrogen and oxygen atoms in total. The molecule has 0 radical (unpaired) electrons. The zero-order valence-corrected chi connectivity index (χ0v) is 11.0. The summed E-state index contributed by atoms with van der Waals surface area (Å²) in [5.41, 5.74) is 7.48. The molecular formula is C15H24N2. The van der Waals surface area contributed by atoms with Gasteiger partial charge in [-0.05, 0) is 31.2 Å². The van der Waals surface area contributed by atoms with Crippen LogP contribution in [0, 0.1) is 5.92 Å². The molecule has 0 aliphatic carbocycles. The van der Waals surface area contributed by atoms with Gasteiger partial charge in [0.25, 0.3) is 0 Å². The Balaban J connectivity index is 1.82. The number of hydrogen-bond donors (Lipinski definition) is 1. The van der Waals surface area contributed by atoms with Gasteiger partial charge in [-0.25, -0.2) is 0 Å². The van der Waals surface area contributed by atoms with Gasteiger partial charge in [0.1, 0.15) is 0 Å². The number of likely N-dealkylation sites (tertiary alicyclic amines) is 1. The van der Waals surface area contributed by atoms with E-state index < -0.39 is 0 Å². The minimum absolute atomic E-state index is 0.180. The van der Waals surface area contributed by atoms with E-state index in [4.69, 9.17) is 5.73 Å². The fourth-order valence-corrected chi connectivity index (χ4v) is 2.87. The van der Waals surface area contributed by atoms with Crippen LogP contribution in [-0.2, 0) is 0 Å². The van der Waals surface area contributed by atoms with Crippen molar-refractivity contribution < 1.29 is 0 Å². The smallest absolute Gasteiger partial charge is 0.0307 e. The maximum atomic E-state index is 6.23. The number of benzene rings is 1. The van der Waals surface area contributed by atoms with Crippen LogP contribution in [0.2, 0.25) is 0 Å². The molecule has 3 unspecified atom stereocenters. The molecule has 0 aromatic heterocycles. The van der Waals surface area contributed by atoms with Crippen molar-refractivity contribution in [2.75, 3.05) is 13.1 Å². The first-order valence-electron chi connectivity index (χ1n) is 6.71. The van der Waals surface area contributed by atoms with E-state index in [-0.39, 0.29) is 6.04 Å². The van der Waals surface area contributed by atoms with E-state index >= 15 is 0 Å². The number of nitrogens with zero attached hydrogens (tertiary/aromatic N) is 1. The lowest BCUT2D eigenvalue weighted by atomic mass is 10.0. The first-order valence-corrected chi connectivity index (χ1v) is 6.71. The summed E-state index contributed by atoms with van der Waals surface area (Å²) in [6.07, 6.45) is 2.39. The Morgan fingerprint density at radius 3 is 2.59 bits per heavy atom. The lowest BCUT2D eigenvalue weighted by Crippen LogP contribution is -2.30. The third-order valence-corrected chi connectivity index (χ3v) is 3.87. The molecule has 2 rings (SSSR count). The summed E-state index contributed by atoms with van der Waals surface area (Å²) in [6.45, 7) is 7.04. The lowest BCUT2D eigenvalue weighted by molar-refractivity contribution is 0.255. The van der Waals surface area contributed by atoms with Gasteiger partial charge in [0.2, 0.25) is 0 Å². The predicted octanol–water partition coefficient (Wildman–Crippen LogP) is 2.81. The van der Waals surface area contributed by atoms with Crippen LogP contribution in [0.1, 0.15) is 38.3 Å². The van der Waals surface area contributed by atoms with Crippen molar-refractivity contribution in [2.45, 2.75) is 38.8 Å². The van der Waals surface area contributed by atoms with Gasteiger partial charge < -0.3 is 10.6 Å². The van der Waals surface area contributed by atoms with Gasteiger partial charge in [-0.15, -0.1) is 0 Å². The Bertz CT molecular complexity index is 336. The van der Waals surface area contributed by atoms with Crippen LogP contribution in [0.15, 0.2) is 30.3 Å². The summed E-state index contributed by atoms with van der Waals surface area (Å²) in [5.74, 6) is 0.845. The van der Waals surface area contributed by atoms with Crippen molar-refractivity contribution in [2.24, 2.45) is 11.7 Å². The van der Waals surface area contributed by atoms with E-state index in [9.17, 15) is 0 Å². The van der Waals surface area contributed by atoms with Crippen molar-refractivity contribution in [3.8, 4) is 0 Å². The molecule has 0 bridgehead atoms. The van der Waals surface area contributed by atoms with Crippen LogP contribution in [-0.4, -0.2) is 24.0 Å². The van der Waals surface area contributed by atoms with Crippen molar-refractivity contribution >= 4 is 0 Å². The molecule has 94 valence electrons. The first kappa shape index (κ1) is 12.6. The molecule has 1 aromatic carbocycles. The van der Waals surface area contributed by atoms with Gasteiger partial charge in [-0.3, -0.25) is 0 Å². The quantitative estimate of drug-likeness (QED) is 0.865. The summed E-state index contributed by atoms with van der Waals surface area (Å²) in [7, 11) is 0. The third kappa shape index (κ3) is 3.30. The van der Waals surface area contributed by atoms with E-state index in [0.29, 0.717) is 0 Å². The van der Waals surface area contributed by atoms with Crippen molar-refractivity contribution in [3.63, 3.8) is 0 Å². The minimum atomic E-state index is 0.180. The van der Waals surface area contributed by atoms with Gasteiger partial charge in [0.05, 0.1) is 0 Å². The van der Waals surface area contributed by atoms with Crippen molar-refractivity contribution in [3.05, 3.63) is 35.9 Å². The zero-order valence-electron chi connectivity index (χ0n) is 11.0. The fraction of sp³-hybridized carbons (Fsp3) is 0.600. The lowest BCUT2D eigenvalue weighted by Gasteiger charge is -2.23. The average Bonchev–Trinajstić information content (AvgIpc) is 2.66. The van der Waals surface area contributed by atoms with E-state index in [0.717, 1.165) is 24.9 Å². The molecule has 17 heavy (non-hydrogen) atoms. The van der Waals surface area contributed by atoms with E-state index in [1.54, 1.807) is 0 Å². The third-order valence-electron chi connectivity index (χ3n) is 3.87. The SMILES string of the molecule is CC1CC(C)N(CCC(N)c2ccccc2)C1. The Morgan fingerprint density at radius 1 is 1.29 bits per heavy atom. The van der Waals surface area contributed by atoms with Crippen molar-refractivity contribution in [1.82, 2.24) is 4.90 Å².